The number of morpholine rings is 1. The van der Waals surface area contributed by atoms with Gasteiger partial charge in [-0.15, -0.1) is 0 Å². The van der Waals surface area contributed by atoms with Gasteiger partial charge in [0.25, 0.3) is 0 Å². The number of benzene rings is 2. The van der Waals surface area contributed by atoms with Crippen molar-refractivity contribution in [3.05, 3.63) is 54.7 Å². The molecule has 0 bridgehead atoms. The van der Waals surface area contributed by atoms with Gasteiger partial charge in [0.2, 0.25) is 0 Å². The molecule has 0 spiro atoms. The number of carbonyl (C=O) groups excluding carboxylic acids is 1. The van der Waals surface area contributed by atoms with E-state index in [9.17, 15) is 4.79 Å². The second kappa shape index (κ2) is 11.2. The Morgan fingerprint density at radius 2 is 1.91 bits per heavy atom. The second-order valence-electron chi connectivity index (χ2n) is 8.44. The van der Waals surface area contributed by atoms with Gasteiger partial charge in [0.1, 0.15) is 0 Å². The summed E-state index contributed by atoms with van der Waals surface area (Å²) < 4.78 is 18.5. The number of carbonyl (C=O) groups is 1. The molecule has 35 heavy (non-hydrogen) atoms. The SMILES string of the molecule is COc1cc([As]c2nccc(-c3ccc(NC(=O)C4CCOC4)cc3)n2)ccc1N1CCOCC1. The van der Waals surface area contributed by atoms with Crippen molar-refractivity contribution in [1.82, 2.24) is 9.97 Å². The van der Waals surface area contributed by atoms with Crippen molar-refractivity contribution in [2.45, 2.75) is 6.42 Å². The summed E-state index contributed by atoms with van der Waals surface area (Å²) >= 11 is -0.399. The van der Waals surface area contributed by atoms with Crippen LogP contribution in [0.5, 0.6) is 5.75 Å². The zero-order chi connectivity index (χ0) is 24.0. The molecule has 9 heteroatoms. The first kappa shape index (κ1) is 23.8. The summed E-state index contributed by atoms with van der Waals surface area (Å²) in [4.78, 5) is 24.0. The zero-order valence-corrected chi connectivity index (χ0v) is 21.5. The van der Waals surface area contributed by atoms with Crippen LogP contribution in [-0.2, 0) is 14.3 Å². The molecule has 2 aromatic carbocycles. The molecular formula is C26H28AsN4O4. The number of ether oxygens (including phenoxy) is 3. The molecule has 1 radical (unpaired) electrons. The molecule has 1 amide bonds. The average Bonchev–Trinajstić information content (AvgIpc) is 3.45. The van der Waals surface area contributed by atoms with Crippen molar-refractivity contribution < 1.29 is 19.0 Å². The predicted molar refractivity (Wildman–Crippen MR) is 136 cm³/mol. The Morgan fingerprint density at radius 1 is 1.09 bits per heavy atom. The summed E-state index contributed by atoms with van der Waals surface area (Å²) in [7, 11) is 1.71. The first-order chi connectivity index (χ1) is 17.2. The number of anilines is 2. The van der Waals surface area contributed by atoms with E-state index in [4.69, 9.17) is 19.2 Å². The number of nitrogens with zero attached hydrogens (tertiary/aromatic N) is 3. The Balaban J connectivity index is 1.27. The topological polar surface area (TPSA) is 85.8 Å². The van der Waals surface area contributed by atoms with Crippen LogP contribution in [0.2, 0.25) is 0 Å². The number of hydrogen-bond donors (Lipinski definition) is 1. The number of rotatable bonds is 7. The van der Waals surface area contributed by atoms with E-state index in [2.05, 4.69) is 33.4 Å². The van der Waals surface area contributed by atoms with Crippen LogP contribution in [0.1, 0.15) is 6.42 Å². The number of amides is 1. The Labute approximate surface area is 211 Å². The first-order valence-electron chi connectivity index (χ1n) is 11.7. The van der Waals surface area contributed by atoms with Gasteiger partial charge in [0, 0.05) is 0 Å². The van der Waals surface area contributed by atoms with Crippen LogP contribution in [-0.4, -0.2) is 78.3 Å². The molecule has 2 aliphatic heterocycles. The number of methoxy groups -OCH3 is 1. The summed E-state index contributed by atoms with van der Waals surface area (Å²) in [6, 6.07) is 16.1. The summed E-state index contributed by atoms with van der Waals surface area (Å²) in [6.07, 6.45) is 2.58. The fourth-order valence-corrected chi connectivity index (χ4v) is 5.96. The maximum atomic E-state index is 12.3. The van der Waals surface area contributed by atoms with E-state index in [0.29, 0.717) is 13.2 Å². The minimum atomic E-state index is -0.399. The predicted octanol–water partition coefficient (Wildman–Crippen LogP) is 1.62. The Kier molecular flexibility index (Phi) is 7.62. The van der Waals surface area contributed by atoms with Crippen LogP contribution in [0.25, 0.3) is 11.3 Å². The van der Waals surface area contributed by atoms with Crippen LogP contribution in [0, 0.1) is 5.92 Å². The van der Waals surface area contributed by atoms with Crippen molar-refractivity contribution in [1.29, 1.82) is 0 Å². The van der Waals surface area contributed by atoms with Crippen molar-refractivity contribution in [2.24, 2.45) is 5.92 Å². The van der Waals surface area contributed by atoms with Crippen LogP contribution < -0.4 is 23.9 Å². The van der Waals surface area contributed by atoms with Crippen molar-refractivity contribution in [3.63, 3.8) is 0 Å². The van der Waals surface area contributed by atoms with Crippen molar-refractivity contribution in [3.8, 4) is 17.0 Å². The van der Waals surface area contributed by atoms with Gasteiger partial charge in [-0.2, -0.15) is 0 Å². The molecule has 0 saturated carbocycles. The summed E-state index contributed by atoms with van der Waals surface area (Å²) in [5.41, 5.74) is 3.73. The second-order valence-corrected chi connectivity index (χ2v) is 10.8. The van der Waals surface area contributed by atoms with Gasteiger partial charge in [-0.25, -0.2) is 0 Å². The van der Waals surface area contributed by atoms with E-state index >= 15 is 0 Å². The minimum absolute atomic E-state index is 0.0127. The standard InChI is InChI=1S/C26H28AsN4O4/c1-33-24-16-20(4-7-23(24)31-11-14-34-15-12-31)27-26-28-10-8-22(30-26)18-2-5-21(6-3-18)29-25(32)19-9-13-35-17-19/h2-8,10,16,19H,9,11-15,17H2,1H3,(H,29,32). The van der Waals surface area contributed by atoms with E-state index in [1.807, 2.05) is 36.5 Å². The average molecular weight is 535 g/mol. The molecule has 3 aromatic rings. The van der Waals surface area contributed by atoms with E-state index < -0.39 is 15.8 Å². The molecule has 1 atom stereocenters. The molecule has 181 valence electrons. The molecule has 2 fully saturated rings. The number of aromatic nitrogens is 2. The third-order valence-corrected chi connectivity index (χ3v) is 8.13. The fourth-order valence-electron chi connectivity index (χ4n) is 4.19. The van der Waals surface area contributed by atoms with E-state index in [-0.39, 0.29) is 11.8 Å². The Bertz CT molecular complexity index is 1160. The molecule has 2 aliphatic rings. The van der Waals surface area contributed by atoms with Gasteiger partial charge < -0.3 is 0 Å². The maximum absolute atomic E-state index is 12.3. The first-order valence-corrected chi connectivity index (χ1v) is 13.6. The van der Waals surface area contributed by atoms with Crippen LogP contribution >= 0.6 is 0 Å². The summed E-state index contributed by atoms with van der Waals surface area (Å²) in [6.45, 7) is 4.36. The van der Waals surface area contributed by atoms with Gasteiger partial charge >= 0.3 is 212 Å². The van der Waals surface area contributed by atoms with Crippen LogP contribution in [0.3, 0.4) is 0 Å². The Morgan fingerprint density at radius 3 is 2.66 bits per heavy atom. The molecular weight excluding hydrogens is 507 g/mol. The molecule has 3 heterocycles. The summed E-state index contributed by atoms with van der Waals surface area (Å²) in [5, 5.41) is 2.98. The van der Waals surface area contributed by atoms with Gasteiger partial charge in [-0.1, -0.05) is 0 Å². The molecule has 2 saturated heterocycles. The molecule has 1 unspecified atom stereocenters. The monoisotopic (exact) mass is 535 g/mol. The quantitative estimate of drug-likeness (QED) is 0.461. The molecule has 5 rings (SSSR count). The molecule has 8 nitrogen and oxygen atoms in total. The third kappa shape index (κ3) is 5.84. The van der Waals surface area contributed by atoms with E-state index in [0.717, 1.165) is 65.7 Å². The fraction of sp³-hybridized carbons (Fsp3) is 0.346. The summed E-state index contributed by atoms with van der Waals surface area (Å²) in [5.74, 6) is 0.820. The molecule has 0 aliphatic carbocycles. The number of nitrogens with one attached hydrogen (secondary N) is 1. The van der Waals surface area contributed by atoms with Gasteiger partial charge in [0.05, 0.1) is 0 Å². The number of hydrogen-bond acceptors (Lipinski definition) is 7. The third-order valence-electron chi connectivity index (χ3n) is 6.14. The van der Waals surface area contributed by atoms with Crippen LogP contribution in [0.15, 0.2) is 54.7 Å². The zero-order valence-electron chi connectivity index (χ0n) is 19.6. The molecule has 1 aromatic heterocycles. The van der Waals surface area contributed by atoms with Gasteiger partial charge in [-0.3, -0.25) is 0 Å². The Hall–Kier alpha value is -2.93. The normalized spacial score (nSPS) is 18.2. The van der Waals surface area contributed by atoms with Crippen molar-refractivity contribution in [2.75, 3.05) is 56.8 Å². The van der Waals surface area contributed by atoms with E-state index in [1.165, 1.54) is 4.35 Å². The van der Waals surface area contributed by atoms with Gasteiger partial charge in [0.15, 0.2) is 0 Å². The van der Waals surface area contributed by atoms with Crippen molar-refractivity contribution >= 4 is 42.0 Å². The molecule has 1 N–H and O–H groups in total. The van der Waals surface area contributed by atoms with E-state index in [1.54, 1.807) is 7.11 Å². The van der Waals surface area contributed by atoms with Crippen LogP contribution in [0.4, 0.5) is 11.4 Å². The van der Waals surface area contributed by atoms with Gasteiger partial charge in [-0.05, 0) is 0 Å².